The summed E-state index contributed by atoms with van der Waals surface area (Å²) >= 11 is 1.30. The molecule has 9 heteroatoms. The van der Waals surface area contributed by atoms with E-state index in [1.165, 1.54) is 28.7 Å². The monoisotopic (exact) mass is 452 g/mol. The van der Waals surface area contributed by atoms with E-state index < -0.39 is 0 Å². The average Bonchev–Trinajstić information content (AvgIpc) is 3.56. The van der Waals surface area contributed by atoms with Gasteiger partial charge in [-0.3, -0.25) is 19.8 Å². The number of piperazine rings is 1. The molecule has 1 fully saturated rings. The summed E-state index contributed by atoms with van der Waals surface area (Å²) in [6.45, 7) is 4.77. The van der Waals surface area contributed by atoms with E-state index in [-0.39, 0.29) is 24.0 Å². The Morgan fingerprint density at radius 3 is 2.84 bits per heavy atom. The summed E-state index contributed by atoms with van der Waals surface area (Å²) in [4.78, 5) is 33.4. The molecule has 0 atom stereocenters. The topological polar surface area (TPSA) is 87.9 Å². The number of benzene rings is 1. The summed E-state index contributed by atoms with van der Waals surface area (Å²) in [6, 6.07) is 9.68. The summed E-state index contributed by atoms with van der Waals surface area (Å²) in [5.74, 6) is 0.946. The molecule has 0 saturated carbocycles. The molecule has 2 aliphatic heterocycles. The Kier molecular flexibility index (Phi) is 5.91. The summed E-state index contributed by atoms with van der Waals surface area (Å²) in [6.07, 6.45) is 2.66. The lowest BCUT2D eigenvalue weighted by atomic mass is 10.1. The van der Waals surface area contributed by atoms with Crippen LogP contribution in [0.4, 0.5) is 5.13 Å². The maximum atomic E-state index is 12.7. The van der Waals surface area contributed by atoms with Crippen LogP contribution in [0.3, 0.4) is 0 Å². The van der Waals surface area contributed by atoms with E-state index in [4.69, 9.17) is 9.15 Å². The molecule has 1 saturated heterocycles. The fourth-order valence-electron chi connectivity index (χ4n) is 4.03. The van der Waals surface area contributed by atoms with Gasteiger partial charge in [0.2, 0.25) is 5.91 Å². The van der Waals surface area contributed by atoms with Crippen molar-refractivity contribution < 1.29 is 18.7 Å². The van der Waals surface area contributed by atoms with Gasteiger partial charge in [-0.15, -0.1) is 11.3 Å². The molecule has 0 aliphatic carbocycles. The van der Waals surface area contributed by atoms with E-state index in [1.54, 1.807) is 12.1 Å². The van der Waals surface area contributed by atoms with E-state index in [9.17, 15) is 9.59 Å². The number of nitrogens with zero attached hydrogens (tertiary/aromatic N) is 3. The number of aromatic nitrogens is 1. The molecule has 0 spiro atoms. The van der Waals surface area contributed by atoms with Crippen LogP contribution in [-0.2, 0) is 24.2 Å². The summed E-state index contributed by atoms with van der Waals surface area (Å²) in [5.41, 5.74) is 3.25. The second-order valence-electron chi connectivity index (χ2n) is 7.95. The van der Waals surface area contributed by atoms with Crippen LogP contribution in [-0.4, -0.2) is 59.4 Å². The quantitative estimate of drug-likeness (QED) is 0.619. The van der Waals surface area contributed by atoms with Crippen molar-refractivity contribution in [1.82, 2.24) is 14.8 Å². The molecule has 8 nitrogen and oxygen atoms in total. The zero-order valence-corrected chi connectivity index (χ0v) is 18.4. The molecule has 0 bridgehead atoms. The first kappa shape index (κ1) is 20.7. The first-order valence-corrected chi connectivity index (χ1v) is 11.6. The van der Waals surface area contributed by atoms with Gasteiger partial charge < -0.3 is 14.1 Å². The lowest BCUT2D eigenvalue weighted by molar-refractivity contribution is -0.132. The van der Waals surface area contributed by atoms with Crippen LogP contribution in [0.25, 0.3) is 0 Å². The zero-order chi connectivity index (χ0) is 21.9. The van der Waals surface area contributed by atoms with E-state index in [0.29, 0.717) is 23.9 Å². The largest absolute Gasteiger partial charge is 0.493 e. The molecule has 4 heterocycles. The fourth-order valence-corrected chi connectivity index (χ4v) is 4.74. The van der Waals surface area contributed by atoms with Crippen molar-refractivity contribution in [2.24, 2.45) is 0 Å². The predicted molar refractivity (Wildman–Crippen MR) is 120 cm³/mol. The van der Waals surface area contributed by atoms with Gasteiger partial charge in [0.1, 0.15) is 5.75 Å². The Morgan fingerprint density at radius 2 is 2.03 bits per heavy atom. The van der Waals surface area contributed by atoms with Gasteiger partial charge in [0.15, 0.2) is 10.9 Å². The van der Waals surface area contributed by atoms with E-state index in [1.807, 2.05) is 10.3 Å². The van der Waals surface area contributed by atoms with Crippen LogP contribution in [0.2, 0.25) is 0 Å². The first-order valence-electron chi connectivity index (χ1n) is 10.7. The molecule has 2 aromatic heterocycles. The minimum atomic E-state index is -0.353. The number of thiazole rings is 1. The third-order valence-electron chi connectivity index (χ3n) is 5.73. The van der Waals surface area contributed by atoms with Crippen molar-refractivity contribution in [3.05, 3.63) is 64.6 Å². The number of carbonyl (C=O) groups excluding carboxylic acids is 2. The standard InChI is InChI=1S/C23H24N4O4S/c28-21(13-18-15-32-23(24-18)25-22(29)20-2-1-10-30-20)27-8-6-26(7-9-27)14-16-3-4-19-17(12-16)5-11-31-19/h1-4,10,12,15H,5-9,11,13-14H2,(H,24,25,29). The lowest BCUT2D eigenvalue weighted by Crippen LogP contribution is -2.48. The van der Waals surface area contributed by atoms with Crippen molar-refractivity contribution in [2.45, 2.75) is 19.4 Å². The highest BCUT2D eigenvalue weighted by molar-refractivity contribution is 7.14. The number of rotatable bonds is 6. The molecule has 32 heavy (non-hydrogen) atoms. The minimum absolute atomic E-state index is 0.0635. The Labute approximate surface area is 189 Å². The number of nitrogens with one attached hydrogen (secondary N) is 1. The molecule has 2 amide bonds. The number of ether oxygens (including phenoxy) is 1. The maximum Gasteiger partial charge on any atom is 0.293 e. The zero-order valence-electron chi connectivity index (χ0n) is 17.6. The third kappa shape index (κ3) is 4.68. The highest BCUT2D eigenvalue weighted by atomic mass is 32.1. The summed E-state index contributed by atoms with van der Waals surface area (Å²) in [5, 5.41) is 4.96. The average molecular weight is 453 g/mol. The van der Waals surface area contributed by atoms with Crippen molar-refractivity contribution in [2.75, 3.05) is 38.1 Å². The van der Waals surface area contributed by atoms with Crippen LogP contribution < -0.4 is 10.1 Å². The number of hydrogen-bond donors (Lipinski definition) is 1. The van der Waals surface area contributed by atoms with Gasteiger partial charge in [-0.05, 0) is 29.3 Å². The Hall–Kier alpha value is -3.17. The smallest absolute Gasteiger partial charge is 0.293 e. The Bertz CT molecular complexity index is 1100. The number of fused-ring (bicyclic) bond motifs is 1. The third-order valence-corrected chi connectivity index (χ3v) is 6.54. The first-order chi connectivity index (χ1) is 15.6. The molecule has 1 N–H and O–H groups in total. The maximum absolute atomic E-state index is 12.7. The predicted octanol–water partition coefficient (Wildman–Crippen LogP) is 2.81. The van der Waals surface area contributed by atoms with Crippen LogP contribution >= 0.6 is 11.3 Å². The van der Waals surface area contributed by atoms with Gasteiger partial charge >= 0.3 is 0 Å². The van der Waals surface area contributed by atoms with E-state index >= 15 is 0 Å². The molecule has 0 unspecified atom stereocenters. The molecule has 166 valence electrons. The number of amides is 2. The second-order valence-corrected chi connectivity index (χ2v) is 8.81. The van der Waals surface area contributed by atoms with E-state index in [2.05, 4.69) is 33.4 Å². The summed E-state index contributed by atoms with van der Waals surface area (Å²) < 4.78 is 10.7. The molecular formula is C23H24N4O4S. The number of carbonyl (C=O) groups is 2. The Morgan fingerprint density at radius 1 is 1.16 bits per heavy atom. The van der Waals surface area contributed by atoms with Crippen LogP contribution in [0, 0.1) is 0 Å². The van der Waals surface area contributed by atoms with Crippen LogP contribution in [0.1, 0.15) is 27.4 Å². The molecule has 0 radical (unpaired) electrons. The van der Waals surface area contributed by atoms with Gasteiger partial charge in [0, 0.05) is 44.5 Å². The molecule has 5 rings (SSSR count). The Balaban J connectivity index is 1.09. The van der Waals surface area contributed by atoms with E-state index in [0.717, 1.165) is 38.4 Å². The SMILES string of the molecule is O=C(Nc1nc(CC(=O)N2CCN(Cc3ccc4c(c3)CCO4)CC2)cs1)c1ccco1. The molecule has 3 aromatic rings. The number of furan rings is 1. The molecular weight excluding hydrogens is 428 g/mol. The van der Waals surface area contributed by atoms with Crippen molar-refractivity contribution in [3.8, 4) is 5.75 Å². The van der Waals surface area contributed by atoms with Gasteiger partial charge in [-0.2, -0.15) is 0 Å². The van der Waals surface area contributed by atoms with Gasteiger partial charge in [-0.1, -0.05) is 12.1 Å². The minimum Gasteiger partial charge on any atom is -0.493 e. The van der Waals surface area contributed by atoms with Crippen LogP contribution in [0.5, 0.6) is 5.75 Å². The highest BCUT2D eigenvalue weighted by Crippen LogP contribution is 2.26. The molecule has 2 aliphatic rings. The number of anilines is 1. The normalized spacial score (nSPS) is 15.9. The highest BCUT2D eigenvalue weighted by Gasteiger charge is 2.23. The van der Waals surface area contributed by atoms with Crippen molar-refractivity contribution >= 4 is 28.3 Å². The fraction of sp³-hybridized carbons (Fsp3) is 0.348. The summed E-state index contributed by atoms with van der Waals surface area (Å²) in [7, 11) is 0. The van der Waals surface area contributed by atoms with Gasteiger partial charge in [0.25, 0.3) is 5.91 Å². The molecule has 1 aromatic carbocycles. The van der Waals surface area contributed by atoms with Crippen LogP contribution in [0.15, 0.2) is 46.4 Å². The van der Waals surface area contributed by atoms with Crippen molar-refractivity contribution in [1.29, 1.82) is 0 Å². The van der Waals surface area contributed by atoms with Crippen molar-refractivity contribution in [3.63, 3.8) is 0 Å². The second kappa shape index (κ2) is 9.13. The van der Waals surface area contributed by atoms with Gasteiger partial charge in [0.05, 0.1) is 25.0 Å². The van der Waals surface area contributed by atoms with Gasteiger partial charge in [-0.25, -0.2) is 4.98 Å². The lowest BCUT2D eigenvalue weighted by Gasteiger charge is -2.34. The number of hydrogen-bond acceptors (Lipinski definition) is 7.